The lowest BCUT2D eigenvalue weighted by Crippen LogP contribution is -2.25. The summed E-state index contributed by atoms with van der Waals surface area (Å²) in [6.45, 7) is 6.06. The maximum atomic E-state index is 13.1. The van der Waals surface area contributed by atoms with E-state index in [0.717, 1.165) is 31.5 Å². The predicted octanol–water partition coefficient (Wildman–Crippen LogP) is 3.22. The van der Waals surface area contributed by atoms with Crippen LogP contribution in [0.5, 0.6) is 0 Å². The van der Waals surface area contributed by atoms with E-state index < -0.39 is 0 Å². The second kappa shape index (κ2) is 9.73. The first-order valence-electron chi connectivity index (χ1n) is 8.46. The minimum absolute atomic E-state index is 0.273. The van der Waals surface area contributed by atoms with E-state index in [0.29, 0.717) is 24.4 Å². The average molecular weight is 348 g/mol. The molecular formula is C17H25FN6O. The van der Waals surface area contributed by atoms with Crippen molar-refractivity contribution in [2.24, 2.45) is 0 Å². The Morgan fingerprint density at radius 1 is 0.960 bits per heavy atom. The Labute approximate surface area is 147 Å². The highest BCUT2D eigenvalue weighted by Crippen LogP contribution is 2.17. The summed E-state index contributed by atoms with van der Waals surface area (Å²) in [5.41, 5.74) is 0.884. The third-order valence-electron chi connectivity index (χ3n) is 3.37. The Balaban J connectivity index is 2.23. The topological polar surface area (TPSA) is 75.2 Å². The van der Waals surface area contributed by atoms with Gasteiger partial charge in [0.2, 0.25) is 11.9 Å². The van der Waals surface area contributed by atoms with Crippen LogP contribution in [0.15, 0.2) is 24.3 Å². The molecular weight excluding hydrogens is 323 g/mol. The number of hydrogen-bond acceptors (Lipinski definition) is 7. The Morgan fingerprint density at radius 2 is 1.52 bits per heavy atom. The number of halogens is 1. The number of nitrogens with one attached hydrogen (secondary N) is 2. The van der Waals surface area contributed by atoms with Crippen molar-refractivity contribution in [1.29, 1.82) is 0 Å². The maximum Gasteiger partial charge on any atom is 0.256 e. The first-order chi connectivity index (χ1) is 12.2. The van der Waals surface area contributed by atoms with E-state index in [-0.39, 0.29) is 5.82 Å². The van der Waals surface area contributed by atoms with Crippen LogP contribution in [-0.2, 0) is 11.4 Å². The summed E-state index contributed by atoms with van der Waals surface area (Å²) in [4.78, 5) is 18.6. The fourth-order valence-electron chi connectivity index (χ4n) is 2.08. The fraction of sp³-hybridized carbons (Fsp3) is 0.471. The zero-order valence-electron chi connectivity index (χ0n) is 14.9. The van der Waals surface area contributed by atoms with Gasteiger partial charge in [-0.25, -0.2) is 9.45 Å². The van der Waals surface area contributed by atoms with Crippen LogP contribution in [0.2, 0.25) is 0 Å². The van der Waals surface area contributed by atoms with Gasteiger partial charge in [0.05, 0.1) is 13.7 Å². The lowest BCUT2D eigenvalue weighted by molar-refractivity contribution is 0.158. The van der Waals surface area contributed by atoms with Gasteiger partial charge in [-0.3, -0.25) is 4.84 Å². The number of hydroxylamine groups is 1. The van der Waals surface area contributed by atoms with Crippen LogP contribution >= 0.6 is 0 Å². The van der Waals surface area contributed by atoms with Crippen molar-refractivity contribution in [3.05, 3.63) is 35.6 Å². The van der Waals surface area contributed by atoms with E-state index in [9.17, 15) is 4.39 Å². The van der Waals surface area contributed by atoms with Gasteiger partial charge in [0.25, 0.3) is 5.95 Å². The summed E-state index contributed by atoms with van der Waals surface area (Å²) in [5.74, 6) is 1.10. The zero-order valence-corrected chi connectivity index (χ0v) is 14.9. The number of hydrogen-bond donors (Lipinski definition) is 2. The molecule has 0 fully saturated rings. The molecule has 0 atom stereocenters. The molecule has 0 saturated carbocycles. The van der Waals surface area contributed by atoms with Crippen LogP contribution in [0, 0.1) is 5.82 Å². The smallest absolute Gasteiger partial charge is 0.256 e. The van der Waals surface area contributed by atoms with Crippen molar-refractivity contribution >= 4 is 17.8 Å². The number of rotatable bonds is 10. The minimum Gasteiger partial charge on any atom is -0.354 e. The number of nitrogens with zero attached hydrogens (tertiary/aromatic N) is 4. The largest absolute Gasteiger partial charge is 0.354 e. The third kappa shape index (κ3) is 5.82. The minimum atomic E-state index is -0.273. The zero-order chi connectivity index (χ0) is 18.1. The van der Waals surface area contributed by atoms with Crippen molar-refractivity contribution in [3.8, 4) is 0 Å². The van der Waals surface area contributed by atoms with Crippen LogP contribution in [0.1, 0.15) is 32.3 Å². The molecule has 25 heavy (non-hydrogen) atoms. The molecule has 0 bridgehead atoms. The molecule has 7 nitrogen and oxygen atoms in total. The van der Waals surface area contributed by atoms with Gasteiger partial charge < -0.3 is 10.6 Å². The first kappa shape index (κ1) is 18.9. The van der Waals surface area contributed by atoms with Gasteiger partial charge in [-0.2, -0.15) is 15.0 Å². The molecule has 0 aliphatic rings. The van der Waals surface area contributed by atoms with Gasteiger partial charge >= 0.3 is 0 Å². The summed E-state index contributed by atoms with van der Waals surface area (Å²) in [5, 5.41) is 7.88. The van der Waals surface area contributed by atoms with Crippen LogP contribution in [0.4, 0.5) is 22.2 Å². The molecule has 1 aromatic heterocycles. The quantitative estimate of drug-likeness (QED) is 0.639. The Hall–Kier alpha value is -2.48. The fourth-order valence-corrected chi connectivity index (χ4v) is 2.08. The molecule has 2 N–H and O–H groups in total. The van der Waals surface area contributed by atoms with E-state index >= 15 is 0 Å². The SMILES string of the molecule is CCCNc1nc(NCCC)nc(N(Cc2ccc(F)cc2)OC)n1. The third-order valence-corrected chi connectivity index (χ3v) is 3.37. The standard InChI is InChI=1S/C17H25FN6O/c1-4-10-19-15-21-16(20-11-5-2)23-17(22-15)24(25-3)12-13-6-8-14(18)9-7-13/h6-9H,4-5,10-12H2,1-3H3,(H2,19,20,21,22,23). The average Bonchev–Trinajstić information content (AvgIpc) is 2.64. The summed E-state index contributed by atoms with van der Waals surface area (Å²) < 4.78 is 13.1. The molecule has 2 rings (SSSR count). The first-order valence-corrected chi connectivity index (χ1v) is 8.46. The summed E-state index contributed by atoms with van der Waals surface area (Å²) in [7, 11) is 1.55. The summed E-state index contributed by atoms with van der Waals surface area (Å²) in [6.07, 6.45) is 1.92. The van der Waals surface area contributed by atoms with E-state index in [4.69, 9.17) is 4.84 Å². The predicted molar refractivity (Wildman–Crippen MR) is 97.0 cm³/mol. The van der Waals surface area contributed by atoms with Crippen LogP contribution in [-0.4, -0.2) is 35.2 Å². The molecule has 0 unspecified atom stereocenters. The lowest BCUT2D eigenvalue weighted by atomic mass is 10.2. The van der Waals surface area contributed by atoms with Gasteiger partial charge in [-0.15, -0.1) is 0 Å². The lowest BCUT2D eigenvalue weighted by Gasteiger charge is -2.20. The van der Waals surface area contributed by atoms with E-state index in [2.05, 4.69) is 39.4 Å². The van der Waals surface area contributed by atoms with Gasteiger partial charge in [-0.05, 0) is 30.5 Å². The van der Waals surface area contributed by atoms with Gasteiger partial charge in [0, 0.05) is 13.1 Å². The van der Waals surface area contributed by atoms with Crippen LogP contribution < -0.4 is 15.7 Å². The van der Waals surface area contributed by atoms with Crippen molar-refractivity contribution in [3.63, 3.8) is 0 Å². The van der Waals surface area contributed by atoms with Crippen LogP contribution in [0.25, 0.3) is 0 Å². The molecule has 2 aromatic rings. The molecule has 8 heteroatoms. The van der Waals surface area contributed by atoms with E-state index in [1.165, 1.54) is 12.1 Å². The molecule has 1 heterocycles. The molecule has 0 aliphatic carbocycles. The van der Waals surface area contributed by atoms with Gasteiger partial charge in [0.1, 0.15) is 5.82 Å². The van der Waals surface area contributed by atoms with Crippen molar-refractivity contribution in [2.75, 3.05) is 35.9 Å². The maximum absolute atomic E-state index is 13.1. The Morgan fingerprint density at radius 3 is 2.00 bits per heavy atom. The van der Waals surface area contributed by atoms with E-state index in [1.54, 1.807) is 24.3 Å². The Bertz CT molecular complexity index is 626. The van der Waals surface area contributed by atoms with Crippen LogP contribution in [0.3, 0.4) is 0 Å². The van der Waals surface area contributed by atoms with E-state index in [1.807, 2.05) is 0 Å². The molecule has 0 amide bonds. The number of benzene rings is 1. The molecule has 1 aromatic carbocycles. The second-order valence-corrected chi connectivity index (χ2v) is 5.48. The number of aromatic nitrogens is 3. The highest BCUT2D eigenvalue weighted by Gasteiger charge is 2.14. The molecule has 0 radical (unpaired) electrons. The highest BCUT2D eigenvalue weighted by molar-refractivity contribution is 5.43. The van der Waals surface area contributed by atoms with Crippen molar-refractivity contribution in [2.45, 2.75) is 33.2 Å². The normalized spacial score (nSPS) is 10.6. The highest BCUT2D eigenvalue weighted by atomic mass is 19.1. The van der Waals surface area contributed by atoms with Crippen molar-refractivity contribution in [1.82, 2.24) is 15.0 Å². The monoisotopic (exact) mass is 348 g/mol. The molecule has 0 spiro atoms. The molecule has 136 valence electrons. The van der Waals surface area contributed by atoms with Gasteiger partial charge in [0.15, 0.2) is 0 Å². The van der Waals surface area contributed by atoms with Gasteiger partial charge in [-0.1, -0.05) is 26.0 Å². The second-order valence-electron chi connectivity index (χ2n) is 5.48. The summed E-state index contributed by atoms with van der Waals surface area (Å²) in [6, 6.07) is 6.24. The summed E-state index contributed by atoms with van der Waals surface area (Å²) >= 11 is 0. The van der Waals surface area contributed by atoms with Crippen molar-refractivity contribution < 1.29 is 9.23 Å². The molecule has 0 aliphatic heterocycles. The Kier molecular flexibility index (Phi) is 7.34. The molecule has 0 saturated heterocycles. The number of anilines is 3.